The van der Waals surface area contributed by atoms with Gasteiger partial charge in [0.1, 0.15) is 0 Å². The number of hydrogen-bond donors (Lipinski definition) is 1. The van der Waals surface area contributed by atoms with Gasteiger partial charge in [-0.2, -0.15) is 0 Å². The lowest BCUT2D eigenvalue weighted by atomic mass is 9.99. The summed E-state index contributed by atoms with van der Waals surface area (Å²) in [6.07, 6.45) is 4.24. The quantitative estimate of drug-likeness (QED) is 0.887. The summed E-state index contributed by atoms with van der Waals surface area (Å²) in [5, 5.41) is 3.55. The van der Waals surface area contributed by atoms with Crippen molar-refractivity contribution in [1.82, 2.24) is 9.47 Å². The zero-order chi connectivity index (χ0) is 13.1. The maximum atomic E-state index is 11.5. The Hall–Kier alpha value is -1.29. The molecule has 100 valence electrons. The number of likely N-dealkylation sites (tertiary alicyclic amines) is 1. The molecule has 1 aromatic rings. The number of rotatable bonds is 3. The van der Waals surface area contributed by atoms with Gasteiger partial charge in [-0.05, 0) is 39.8 Å². The number of pyridine rings is 1. The normalized spacial score (nSPS) is 25.1. The second-order valence-electron chi connectivity index (χ2n) is 5.24. The van der Waals surface area contributed by atoms with E-state index in [4.69, 9.17) is 0 Å². The van der Waals surface area contributed by atoms with Crippen LogP contribution in [0, 0.1) is 0 Å². The van der Waals surface area contributed by atoms with Crippen LogP contribution in [0.3, 0.4) is 0 Å². The molecule has 1 fully saturated rings. The molecule has 18 heavy (non-hydrogen) atoms. The van der Waals surface area contributed by atoms with Gasteiger partial charge < -0.3 is 14.8 Å². The molecule has 1 N–H and O–H groups in total. The van der Waals surface area contributed by atoms with Crippen LogP contribution in [-0.4, -0.2) is 35.1 Å². The van der Waals surface area contributed by atoms with Crippen molar-refractivity contribution in [3.63, 3.8) is 0 Å². The fourth-order valence-electron chi connectivity index (χ4n) is 2.52. The lowest BCUT2D eigenvalue weighted by Crippen LogP contribution is -2.42. The molecule has 0 spiro atoms. The summed E-state index contributed by atoms with van der Waals surface area (Å²) in [6, 6.07) is 4.66. The summed E-state index contributed by atoms with van der Waals surface area (Å²) in [7, 11) is 2.18. The first kappa shape index (κ1) is 13.1. The first-order valence-electron chi connectivity index (χ1n) is 6.77. The second-order valence-corrected chi connectivity index (χ2v) is 5.24. The van der Waals surface area contributed by atoms with E-state index in [2.05, 4.69) is 24.2 Å². The van der Waals surface area contributed by atoms with Gasteiger partial charge in [0.2, 0.25) is 0 Å². The van der Waals surface area contributed by atoms with E-state index in [1.807, 2.05) is 19.2 Å². The Morgan fingerprint density at radius 1 is 1.44 bits per heavy atom. The highest BCUT2D eigenvalue weighted by Crippen LogP contribution is 2.19. The van der Waals surface area contributed by atoms with Crippen LogP contribution >= 0.6 is 0 Å². The number of aryl methyl sites for hydroxylation is 1. The standard InChI is InChI=1S/C14H23N3O/c1-4-17-10-13(5-6-14(17)18)15-12-7-8-16(3)11(2)9-12/h5-6,10-12,15H,4,7-9H2,1-3H3. The Morgan fingerprint density at radius 2 is 2.22 bits per heavy atom. The van der Waals surface area contributed by atoms with E-state index in [1.165, 1.54) is 0 Å². The average Bonchev–Trinajstić information content (AvgIpc) is 2.36. The van der Waals surface area contributed by atoms with Crippen molar-refractivity contribution in [2.45, 2.75) is 45.3 Å². The van der Waals surface area contributed by atoms with Crippen molar-refractivity contribution >= 4 is 5.69 Å². The third-order valence-electron chi connectivity index (χ3n) is 3.90. The van der Waals surface area contributed by atoms with E-state index in [0.717, 1.165) is 31.6 Å². The number of piperidine rings is 1. The largest absolute Gasteiger partial charge is 0.381 e. The van der Waals surface area contributed by atoms with Crippen LogP contribution in [0.1, 0.15) is 26.7 Å². The van der Waals surface area contributed by atoms with E-state index >= 15 is 0 Å². The van der Waals surface area contributed by atoms with Crippen LogP contribution in [0.25, 0.3) is 0 Å². The number of anilines is 1. The highest BCUT2D eigenvalue weighted by atomic mass is 16.1. The summed E-state index contributed by atoms with van der Waals surface area (Å²) < 4.78 is 1.74. The van der Waals surface area contributed by atoms with Crippen LogP contribution in [-0.2, 0) is 6.54 Å². The smallest absolute Gasteiger partial charge is 0.250 e. The highest BCUT2D eigenvalue weighted by Gasteiger charge is 2.22. The summed E-state index contributed by atoms with van der Waals surface area (Å²) in [4.78, 5) is 13.9. The number of aromatic nitrogens is 1. The maximum Gasteiger partial charge on any atom is 0.250 e. The van der Waals surface area contributed by atoms with Gasteiger partial charge in [-0.1, -0.05) is 0 Å². The molecular weight excluding hydrogens is 226 g/mol. The second kappa shape index (κ2) is 5.57. The molecule has 4 heteroatoms. The molecule has 1 aliphatic rings. The molecule has 2 unspecified atom stereocenters. The predicted octanol–water partition coefficient (Wildman–Crippen LogP) is 1.76. The third kappa shape index (κ3) is 2.93. The lowest BCUT2D eigenvalue weighted by Gasteiger charge is -2.35. The summed E-state index contributed by atoms with van der Waals surface area (Å²) in [6.45, 7) is 6.11. The Kier molecular flexibility index (Phi) is 4.07. The number of hydrogen-bond acceptors (Lipinski definition) is 3. The molecule has 0 aromatic carbocycles. The predicted molar refractivity (Wildman–Crippen MR) is 75.1 cm³/mol. The SMILES string of the molecule is CCn1cc(NC2CCN(C)C(C)C2)ccc1=O. The van der Waals surface area contributed by atoms with Crippen molar-refractivity contribution < 1.29 is 0 Å². The molecule has 2 atom stereocenters. The Labute approximate surface area is 109 Å². The third-order valence-corrected chi connectivity index (χ3v) is 3.90. The van der Waals surface area contributed by atoms with E-state index in [1.54, 1.807) is 10.6 Å². The van der Waals surface area contributed by atoms with Gasteiger partial charge >= 0.3 is 0 Å². The molecule has 0 saturated carbocycles. The lowest BCUT2D eigenvalue weighted by molar-refractivity contribution is 0.190. The summed E-state index contributed by atoms with van der Waals surface area (Å²) in [5.41, 5.74) is 1.12. The molecule has 0 aliphatic carbocycles. The Balaban J connectivity index is 2.03. The first-order chi connectivity index (χ1) is 8.60. The molecule has 4 nitrogen and oxygen atoms in total. The van der Waals surface area contributed by atoms with Crippen LogP contribution in [0.4, 0.5) is 5.69 Å². The van der Waals surface area contributed by atoms with Crippen molar-refractivity contribution in [3.05, 3.63) is 28.7 Å². The highest BCUT2D eigenvalue weighted by molar-refractivity contribution is 5.41. The molecule has 0 radical (unpaired) electrons. The minimum atomic E-state index is 0.0693. The zero-order valence-electron chi connectivity index (χ0n) is 11.5. The van der Waals surface area contributed by atoms with Crippen LogP contribution < -0.4 is 10.9 Å². The van der Waals surface area contributed by atoms with Crippen LogP contribution in [0.5, 0.6) is 0 Å². The van der Waals surface area contributed by atoms with E-state index < -0.39 is 0 Å². The van der Waals surface area contributed by atoms with Gasteiger partial charge in [0.25, 0.3) is 5.56 Å². The molecule has 2 heterocycles. The molecule has 0 amide bonds. The van der Waals surface area contributed by atoms with Gasteiger partial charge in [0, 0.05) is 37.4 Å². The fraction of sp³-hybridized carbons (Fsp3) is 0.643. The van der Waals surface area contributed by atoms with Crippen LogP contribution in [0.2, 0.25) is 0 Å². The van der Waals surface area contributed by atoms with Crippen molar-refractivity contribution in [2.75, 3.05) is 18.9 Å². The monoisotopic (exact) mass is 249 g/mol. The van der Waals surface area contributed by atoms with Gasteiger partial charge in [0.05, 0.1) is 5.69 Å². The Bertz CT molecular complexity index is 455. The summed E-state index contributed by atoms with van der Waals surface area (Å²) >= 11 is 0. The van der Waals surface area contributed by atoms with E-state index in [-0.39, 0.29) is 5.56 Å². The first-order valence-corrected chi connectivity index (χ1v) is 6.77. The van der Waals surface area contributed by atoms with Crippen molar-refractivity contribution in [1.29, 1.82) is 0 Å². The fourth-order valence-corrected chi connectivity index (χ4v) is 2.52. The van der Waals surface area contributed by atoms with Gasteiger partial charge in [-0.15, -0.1) is 0 Å². The topological polar surface area (TPSA) is 37.3 Å². The molecule has 1 aromatic heterocycles. The summed E-state index contributed by atoms with van der Waals surface area (Å²) in [5.74, 6) is 0. The van der Waals surface area contributed by atoms with Crippen LogP contribution in [0.15, 0.2) is 23.1 Å². The Morgan fingerprint density at radius 3 is 2.89 bits per heavy atom. The van der Waals surface area contributed by atoms with E-state index in [0.29, 0.717) is 12.1 Å². The maximum absolute atomic E-state index is 11.5. The van der Waals surface area contributed by atoms with E-state index in [9.17, 15) is 4.79 Å². The molecule has 1 aliphatic heterocycles. The molecule has 1 saturated heterocycles. The average molecular weight is 249 g/mol. The zero-order valence-corrected chi connectivity index (χ0v) is 11.5. The minimum absolute atomic E-state index is 0.0693. The van der Waals surface area contributed by atoms with Crippen molar-refractivity contribution in [2.24, 2.45) is 0 Å². The van der Waals surface area contributed by atoms with Gasteiger partial charge in [-0.3, -0.25) is 4.79 Å². The number of nitrogens with one attached hydrogen (secondary N) is 1. The molecule has 0 bridgehead atoms. The number of nitrogens with zero attached hydrogens (tertiary/aromatic N) is 2. The van der Waals surface area contributed by atoms with Crippen molar-refractivity contribution in [3.8, 4) is 0 Å². The van der Waals surface area contributed by atoms with Gasteiger partial charge in [-0.25, -0.2) is 0 Å². The molecular formula is C14H23N3O. The molecule has 2 rings (SSSR count). The minimum Gasteiger partial charge on any atom is -0.381 e. The van der Waals surface area contributed by atoms with Gasteiger partial charge in [0.15, 0.2) is 0 Å².